The Balaban J connectivity index is 5.14. The zero-order valence-corrected chi connectivity index (χ0v) is 20.8. The smallest absolute Gasteiger partial charge is 0.233 e. The molecule has 9 heteroatoms. The molecule has 0 saturated carbocycles. The van der Waals surface area contributed by atoms with E-state index < -0.39 is 40.4 Å². The fourth-order valence-corrected chi connectivity index (χ4v) is 3.75. The summed E-state index contributed by atoms with van der Waals surface area (Å²) in [5.74, 6) is -2.90. The standard InChI is InChI=1S/C23H45N5O4/c1-22(2,3)16(19(25)30)12-15(13-17(20(26)31)23(4,5)6)21(32)28-11-9-7-8-10-27-18(29)14-24/h15-17H,7-14,24H2,1-6H3,(H2,25,30)(H2,26,31)(H,27,29)(H,28,32). The summed E-state index contributed by atoms with van der Waals surface area (Å²) in [5, 5.41) is 5.64. The van der Waals surface area contributed by atoms with E-state index in [1.54, 1.807) is 0 Å². The van der Waals surface area contributed by atoms with E-state index in [0.717, 1.165) is 19.3 Å². The topological polar surface area (TPSA) is 170 Å². The van der Waals surface area contributed by atoms with Crippen LogP contribution in [0.3, 0.4) is 0 Å². The summed E-state index contributed by atoms with van der Waals surface area (Å²) in [4.78, 5) is 48.4. The van der Waals surface area contributed by atoms with Crippen LogP contribution in [-0.4, -0.2) is 43.3 Å². The second-order valence-corrected chi connectivity index (χ2v) is 10.7. The highest BCUT2D eigenvalue weighted by Gasteiger charge is 2.38. The molecule has 8 N–H and O–H groups in total. The summed E-state index contributed by atoms with van der Waals surface area (Å²) in [6.45, 7) is 12.5. The van der Waals surface area contributed by atoms with Gasteiger partial charge in [0.1, 0.15) is 0 Å². The van der Waals surface area contributed by atoms with Crippen molar-refractivity contribution >= 4 is 23.6 Å². The van der Waals surface area contributed by atoms with E-state index in [4.69, 9.17) is 17.2 Å². The van der Waals surface area contributed by atoms with Crippen LogP contribution in [0.2, 0.25) is 0 Å². The Morgan fingerprint density at radius 3 is 1.47 bits per heavy atom. The Hall–Kier alpha value is -2.16. The molecule has 9 nitrogen and oxygen atoms in total. The quantitative estimate of drug-likeness (QED) is 0.246. The summed E-state index contributed by atoms with van der Waals surface area (Å²) >= 11 is 0. The first-order valence-corrected chi connectivity index (χ1v) is 11.4. The Morgan fingerprint density at radius 2 is 1.12 bits per heavy atom. The Labute approximate surface area is 193 Å². The van der Waals surface area contributed by atoms with Gasteiger partial charge in [-0.3, -0.25) is 19.2 Å². The van der Waals surface area contributed by atoms with Gasteiger partial charge < -0.3 is 27.8 Å². The van der Waals surface area contributed by atoms with Gasteiger partial charge in [0.05, 0.1) is 6.54 Å². The van der Waals surface area contributed by atoms with Crippen LogP contribution in [0.5, 0.6) is 0 Å². The molecular formula is C23H45N5O4. The van der Waals surface area contributed by atoms with Gasteiger partial charge in [-0.1, -0.05) is 41.5 Å². The van der Waals surface area contributed by atoms with Gasteiger partial charge in [0.2, 0.25) is 23.6 Å². The molecule has 2 atom stereocenters. The molecule has 0 bridgehead atoms. The molecule has 2 unspecified atom stereocenters. The van der Waals surface area contributed by atoms with Crippen LogP contribution in [0, 0.1) is 28.6 Å². The van der Waals surface area contributed by atoms with Gasteiger partial charge in [-0.05, 0) is 42.9 Å². The van der Waals surface area contributed by atoms with Gasteiger partial charge in [0.25, 0.3) is 0 Å². The van der Waals surface area contributed by atoms with Crippen molar-refractivity contribution in [3.05, 3.63) is 0 Å². The third-order valence-corrected chi connectivity index (χ3v) is 5.85. The molecule has 32 heavy (non-hydrogen) atoms. The highest BCUT2D eigenvalue weighted by atomic mass is 16.2. The van der Waals surface area contributed by atoms with Gasteiger partial charge in [0, 0.05) is 30.8 Å². The molecule has 0 aromatic carbocycles. The minimum Gasteiger partial charge on any atom is -0.369 e. The van der Waals surface area contributed by atoms with Gasteiger partial charge in [-0.15, -0.1) is 0 Å². The predicted octanol–water partition coefficient (Wildman–Crippen LogP) is 1.04. The molecule has 0 aromatic rings. The predicted molar refractivity (Wildman–Crippen MR) is 126 cm³/mol. The van der Waals surface area contributed by atoms with Crippen molar-refractivity contribution < 1.29 is 19.2 Å². The number of rotatable bonds is 14. The second-order valence-electron chi connectivity index (χ2n) is 10.7. The lowest BCUT2D eigenvalue weighted by atomic mass is 9.70. The van der Waals surface area contributed by atoms with Crippen LogP contribution in [0.1, 0.15) is 73.6 Å². The van der Waals surface area contributed by atoms with Crippen LogP contribution in [-0.2, 0) is 19.2 Å². The summed E-state index contributed by atoms with van der Waals surface area (Å²) in [6, 6.07) is 0. The molecule has 0 rings (SSSR count). The van der Waals surface area contributed by atoms with Crippen molar-refractivity contribution in [2.45, 2.75) is 73.6 Å². The van der Waals surface area contributed by atoms with Crippen molar-refractivity contribution in [1.29, 1.82) is 0 Å². The summed E-state index contributed by atoms with van der Waals surface area (Å²) in [6.07, 6.45) is 2.87. The summed E-state index contributed by atoms with van der Waals surface area (Å²) in [5.41, 5.74) is 15.7. The zero-order valence-electron chi connectivity index (χ0n) is 20.8. The number of primary amides is 2. The van der Waals surface area contributed by atoms with Crippen LogP contribution < -0.4 is 27.8 Å². The molecule has 0 aliphatic rings. The Morgan fingerprint density at radius 1 is 0.719 bits per heavy atom. The lowest BCUT2D eigenvalue weighted by Crippen LogP contribution is -2.43. The van der Waals surface area contributed by atoms with E-state index in [0.29, 0.717) is 13.1 Å². The number of nitrogens with two attached hydrogens (primary N) is 3. The lowest BCUT2D eigenvalue weighted by molar-refractivity contribution is -0.131. The Kier molecular flexibility index (Phi) is 12.5. The average Bonchev–Trinajstić information content (AvgIpc) is 2.64. The summed E-state index contributed by atoms with van der Waals surface area (Å²) < 4.78 is 0. The maximum absolute atomic E-state index is 13.0. The molecule has 186 valence electrons. The highest BCUT2D eigenvalue weighted by Crippen LogP contribution is 2.37. The van der Waals surface area contributed by atoms with E-state index in [9.17, 15) is 19.2 Å². The lowest BCUT2D eigenvalue weighted by Gasteiger charge is -2.34. The molecule has 0 spiro atoms. The number of unbranched alkanes of at least 4 members (excludes halogenated alkanes) is 2. The van der Waals surface area contributed by atoms with Crippen molar-refractivity contribution in [3.8, 4) is 0 Å². The number of hydrogen-bond donors (Lipinski definition) is 5. The average molecular weight is 456 g/mol. The number of carbonyl (C=O) groups excluding carboxylic acids is 4. The van der Waals surface area contributed by atoms with Gasteiger partial charge in [-0.2, -0.15) is 0 Å². The van der Waals surface area contributed by atoms with Crippen molar-refractivity contribution in [2.75, 3.05) is 19.6 Å². The molecule has 0 aliphatic heterocycles. The molecule has 0 radical (unpaired) electrons. The largest absolute Gasteiger partial charge is 0.369 e. The van der Waals surface area contributed by atoms with Crippen LogP contribution in [0.15, 0.2) is 0 Å². The van der Waals surface area contributed by atoms with Crippen LogP contribution in [0.4, 0.5) is 0 Å². The van der Waals surface area contributed by atoms with Crippen molar-refractivity contribution in [2.24, 2.45) is 45.8 Å². The van der Waals surface area contributed by atoms with Crippen molar-refractivity contribution in [1.82, 2.24) is 10.6 Å². The highest BCUT2D eigenvalue weighted by molar-refractivity contribution is 5.83. The van der Waals surface area contributed by atoms with E-state index in [-0.39, 0.29) is 31.2 Å². The maximum Gasteiger partial charge on any atom is 0.233 e. The first-order valence-electron chi connectivity index (χ1n) is 11.4. The molecule has 0 saturated heterocycles. The SMILES string of the molecule is CC(C)(C)C(CC(CC(C(N)=O)C(C)(C)C)C(=O)NCCCCCNC(=O)CN)C(N)=O. The Bertz CT molecular complexity index is 603. The minimum absolute atomic E-state index is 0.0286. The third kappa shape index (κ3) is 11.5. The number of carbonyl (C=O) groups is 4. The summed E-state index contributed by atoms with van der Waals surface area (Å²) in [7, 11) is 0. The number of amides is 4. The van der Waals surface area contributed by atoms with E-state index in [1.165, 1.54) is 0 Å². The fourth-order valence-electron chi connectivity index (χ4n) is 3.75. The molecule has 0 heterocycles. The molecular weight excluding hydrogens is 410 g/mol. The third-order valence-electron chi connectivity index (χ3n) is 5.85. The van der Waals surface area contributed by atoms with Gasteiger partial charge in [0.15, 0.2) is 0 Å². The molecule has 0 aliphatic carbocycles. The van der Waals surface area contributed by atoms with Gasteiger partial charge >= 0.3 is 0 Å². The first kappa shape index (κ1) is 29.8. The van der Waals surface area contributed by atoms with Crippen LogP contribution >= 0.6 is 0 Å². The monoisotopic (exact) mass is 455 g/mol. The first-order chi connectivity index (χ1) is 14.6. The maximum atomic E-state index is 13.0. The van der Waals surface area contributed by atoms with E-state index in [1.807, 2.05) is 41.5 Å². The van der Waals surface area contributed by atoms with Crippen LogP contribution in [0.25, 0.3) is 0 Å². The molecule has 0 aromatic heterocycles. The number of hydrogen-bond acceptors (Lipinski definition) is 5. The zero-order chi connectivity index (χ0) is 25.1. The van der Waals surface area contributed by atoms with Crippen molar-refractivity contribution in [3.63, 3.8) is 0 Å². The number of nitrogens with one attached hydrogen (secondary N) is 2. The molecule has 4 amide bonds. The van der Waals surface area contributed by atoms with E-state index >= 15 is 0 Å². The second kappa shape index (κ2) is 13.4. The minimum atomic E-state index is -0.563. The van der Waals surface area contributed by atoms with Gasteiger partial charge in [-0.25, -0.2) is 0 Å². The fraction of sp³-hybridized carbons (Fsp3) is 0.826. The normalized spacial score (nSPS) is 14.8. The van der Waals surface area contributed by atoms with E-state index in [2.05, 4.69) is 10.6 Å². The molecule has 0 fully saturated rings.